The first-order chi connectivity index (χ1) is 12.7. The summed E-state index contributed by atoms with van der Waals surface area (Å²) < 4.78 is 5.82. The van der Waals surface area contributed by atoms with E-state index in [0.717, 1.165) is 0 Å². The first-order valence-corrected chi connectivity index (χ1v) is 9.09. The number of amides is 2. The zero-order valence-corrected chi connectivity index (χ0v) is 14.8. The van der Waals surface area contributed by atoms with Gasteiger partial charge in [0.25, 0.3) is 5.91 Å². The van der Waals surface area contributed by atoms with E-state index in [4.69, 9.17) is 4.74 Å². The minimum Gasteiger partial charge on any atom is -0.455 e. The number of para-hydroxylation sites is 3. The Morgan fingerprint density at radius 2 is 1.73 bits per heavy atom. The van der Waals surface area contributed by atoms with Crippen LogP contribution in [-0.2, 0) is 4.79 Å². The topological polar surface area (TPSA) is 67.4 Å². The van der Waals surface area contributed by atoms with Crippen molar-refractivity contribution in [2.75, 3.05) is 11.9 Å². The van der Waals surface area contributed by atoms with Gasteiger partial charge in [0.2, 0.25) is 5.91 Å². The number of rotatable bonds is 7. The molecule has 0 aliphatic rings. The fourth-order valence-corrected chi connectivity index (χ4v) is 2.91. The summed E-state index contributed by atoms with van der Waals surface area (Å²) in [6, 6.07) is 18.3. The molecule has 26 heavy (non-hydrogen) atoms. The minimum absolute atomic E-state index is 0.174. The van der Waals surface area contributed by atoms with Crippen molar-refractivity contribution in [1.29, 1.82) is 0 Å². The Morgan fingerprint density at radius 1 is 0.962 bits per heavy atom. The quantitative estimate of drug-likeness (QED) is 0.655. The monoisotopic (exact) mass is 366 g/mol. The third-order valence-corrected chi connectivity index (χ3v) is 4.24. The Morgan fingerprint density at radius 3 is 2.50 bits per heavy atom. The number of anilines is 1. The van der Waals surface area contributed by atoms with E-state index < -0.39 is 0 Å². The standard InChI is InChI=1S/C20H18N2O3S/c23-19(10-12-21-20(24)15-11-13-26-14-15)22-17-8-4-5-9-18(17)25-16-6-2-1-3-7-16/h1-9,11,13-14H,10,12H2,(H,21,24)(H,22,23). The third kappa shape index (κ3) is 4.94. The molecular weight excluding hydrogens is 348 g/mol. The molecule has 2 amide bonds. The lowest BCUT2D eigenvalue weighted by Crippen LogP contribution is -2.27. The highest BCUT2D eigenvalue weighted by Crippen LogP contribution is 2.29. The average molecular weight is 366 g/mol. The first kappa shape index (κ1) is 17.7. The summed E-state index contributed by atoms with van der Waals surface area (Å²) in [7, 11) is 0. The largest absolute Gasteiger partial charge is 0.455 e. The van der Waals surface area contributed by atoms with Gasteiger partial charge < -0.3 is 15.4 Å². The van der Waals surface area contributed by atoms with Crippen LogP contribution in [0.15, 0.2) is 71.4 Å². The van der Waals surface area contributed by atoms with Gasteiger partial charge in [-0.2, -0.15) is 11.3 Å². The molecule has 3 aromatic rings. The Bertz CT molecular complexity index is 864. The van der Waals surface area contributed by atoms with E-state index in [-0.39, 0.29) is 24.8 Å². The molecule has 0 radical (unpaired) electrons. The van der Waals surface area contributed by atoms with E-state index in [1.165, 1.54) is 11.3 Å². The van der Waals surface area contributed by atoms with Gasteiger partial charge in [0.15, 0.2) is 5.75 Å². The van der Waals surface area contributed by atoms with E-state index in [2.05, 4.69) is 10.6 Å². The van der Waals surface area contributed by atoms with Gasteiger partial charge in [-0.25, -0.2) is 0 Å². The molecule has 2 aromatic carbocycles. The zero-order valence-electron chi connectivity index (χ0n) is 14.0. The zero-order chi connectivity index (χ0) is 18.2. The maximum atomic E-state index is 12.2. The van der Waals surface area contributed by atoms with Crippen molar-refractivity contribution >= 4 is 28.8 Å². The molecule has 2 N–H and O–H groups in total. The van der Waals surface area contributed by atoms with Crippen LogP contribution in [0.5, 0.6) is 11.5 Å². The highest BCUT2D eigenvalue weighted by Gasteiger charge is 2.10. The maximum absolute atomic E-state index is 12.2. The summed E-state index contributed by atoms with van der Waals surface area (Å²) in [6.07, 6.45) is 0.176. The van der Waals surface area contributed by atoms with Gasteiger partial charge in [-0.15, -0.1) is 0 Å². The Kier molecular flexibility index (Phi) is 6.01. The fraction of sp³-hybridized carbons (Fsp3) is 0.100. The number of thiophene rings is 1. The molecule has 0 atom stereocenters. The van der Waals surface area contributed by atoms with Gasteiger partial charge in [-0.05, 0) is 35.7 Å². The molecule has 0 saturated carbocycles. The van der Waals surface area contributed by atoms with Crippen molar-refractivity contribution in [3.63, 3.8) is 0 Å². The molecule has 1 heterocycles. The second-order valence-electron chi connectivity index (χ2n) is 5.48. The van der Waals surface area contributed by atoms with Crippen molar-refractivity contribution in [2.45, 2.75) is 6.42 Å². The highest BCUT2D eigenvalue weighted by atomic mass is 32.1. The molecular formula is C20H18N2O3S. The van der Waals surface area contributed by atoms with E-state index in [1.807, 2.05) is 47.8 Å². The van der Waals surface area contributed by atoms with Gasteiger partial charge in [0, 0.05) is 23.9 Å². The van der Waals surface area contributed by atoms with E-state index in [9.17, 15) is 9.59 Å². The van der Waals surface area contributed by atoms with E-state index in [1.54, 1.807) is 23.6 Å². The number of carbonyl (C=O) groups excluding carboxylic acids is 2. The van der Waals surface area contributed by atoms with Crippen LogP contribution < -0.4 is 15.4 Å². The number of benzene rings is 2. The molecule has 0 unspecified atom stereocenters. The van der Waals surface area contributed by atoms with E-state index in [0.29, 0.717) is 22.7 Å². The van der Waals surface area contributed by atoms with Crippen LogP contribution in [0.2, 0.25) is 0 Å². The Labute approximate surface area is 155 Å². The van der Waals surface area contributed by atoms with Crippen molar-refractivity contribution in [2.24, 2.45) is 0 Å². The number of hydrogen-bond acceptors (Lipinski definition) is 4. The predicted molar refractivity (Wildman–Crippen MR) is 103 cm³/mol. The number of carbonyl (C=O) groups is 2. The number of ether oxygens (including phenoxy) is 1. The van der Waals surface area contributed by atoms with Crippen LogP contribution in [0.3, 0.4) is 0 Å². The molecule has 0 aliphatic carbocycles. The number of nitrogens with one attached hydrogen (secondary N) is 2. The summed E-state index contributed by atoms with van der Waals surface area (Å²) >= 11 is 1.46. The second kappa shape index (κ2) is 8.82. The Hall–Kier alpha value is -3.12. The average Bonchev–Trinajstić information content (AvgIpc) is 3.19. The first-order valence-electron chi connectivity index (χ1n) is 8.14. The minimum atomic E-state index is -0.195. The lowest BCUT2D eigenvalue weighted by molar-refractivity contribution is -0.116. The van der Waals surface area contributed by atoms with Crippen molar-refractivity contribution in [3.8, 4) is 11.5 Å². The molecule has 0 saturated heterocycles. The fourth-order valence-electron chi connectivity index (χ4n) is 2.27. The van der Waals surface area contributed by atoms with Gasteiger partial charge >= 0.3 is 0 Å². The van der Waals surface area contributed by atoms with E-state index >= 15 is 0 Å². The maximum Gasteiger partial charge on any atom is 0.252 e. The molecule has 5 nitrogen and oxygen atoms in total. The van der Waals surface area contributed by atoms with Gasteiger partial charge in [0.1, 0.15) is 5.75 Å². The smallest absolute Gasteiger partial charge is 0.252 e. The summed E-state index contributed by atoms with van der Waals surface area (Å²) in [5.74, 6) is 0.887. The SMILES string of the molecule is O=C(CCNC(=O)c1ccsc1)Nc1ccccc1Oc1ccccc1. The molecule has 0 aliphatic heterocycles. The third-order valence-electron chi connectivity index (χ3n) is 3.55. The van der Waals surface area contributed by atoms with Crippen LogP contribution >= 0.6 is 11.3 Å². The highest BCUT2D eigenvalue weighted by molar-refractivity contribution is 7.08. The lowest BCUT2D eigenvalue weighted by atomic mass is 10.2. The van der Waals surface area contributed by atoms with Crippen LogP contribution in [0, 0.1) is 0 Å². The summed E-state index contributed by atoms with van der Waals surface area (Å²) in [4.78, 5) is 24.0. The van der Waals surface area contributed by atoms with Crippen LogP contribution in [-0.4, -0.2) is 18.4 Å². The molecule has 0 fully saturated rings. The van der Waals surface area contributed by atoms with Gasteiger partial charge in [-0.3, -0.25) is 9.59 Å². The number of hydrogen-bond donors (Lipinski definition) is 2. The molecule has 3 rings (SSSR count). The molecule has 1 aromatic heterocycles. The summed E-state index contributed by atoms with van der Waals surface area (Å²) in [5.41, 5.74) is 1.20. The predicted octanol–water partition coefficient (Wildman–Crippen LogP) is 4.30. The Balaban J connectivity index is 1.53. The van der Waals surface area contributed by atoms with Crippen LogP contribution in [0.1, 0.15) is 16.8 Å². The summed E-state index contributed by atoms with van der Waals surface area (Å²) in [6.45, 7) is 0.266. The van der Waals surface area contributed by atoms with Crippen LogP contribution in [0.25, 0.3) is 0 Å². The summed E-state index contributed by atoms with van der Waals surface area (Å²) in [5, 5.41) is 9.17. The van der Waals surface area contributed by atoms with Gasteiger partial charge in [-0.1, -0.05) is 30.3 Å². The van der Waals surface area contributed by atoms with Crippen molar-refractivity contribution in [1.82, 2.24) is 5.32 Å². The lowest BCUT2D eigenvalue weighted by Gasteiger charge is -2.12. The van der Waals surface area contributed by atoms with Gasteiger partial charge in [0.05, 0.1) is 5.69 Å². The molecule has 0 bridgehead atoms. The van der Waals surface area contributed by atoms with Crippen molar-refractivity contribution in [3.05, 3.63) is 77.0 Å². The van der Waals surface area contributed by atoms with Crippen LogP contribution in [0.4, 0.5) is 5.69 Å². The normalized spacial score (nSPS) is 10.2. The molecule has 6 heteroatoms. The van der Waals surface area contributed by atoms with Crippen molar-refractivity contribution < 1.29 is 14.3 Å². The second-order valence-corrected chi connectivity index (χ2v) is 6.26. The molecule has 132 valence electrons. The molecule has 0 spiro atoms.